The van der Waals surface area contributed by atoms with Crippen molar-refractivity contribution >= 4 is 17.8 Å². The van der Waals surface area contributed by atoms with Gasteiger partial charge in [-0.2, -0.15) is 4.98 Å². The van der Waals surface area contributed by atoms with Crippen LogP contribution in [0.1, 0.15) is 18.5 Å². The van der Waals surface area contributed by atoms with Crippen molar-refractivity contribution in [3.05, 3.63) is 11.8 Å². The smallest absolute Gasteiger partial charge is 0.245 e. The summed E-state index contributed by atoms with van der Waals surface area (Å²) in [5.41, 5.74) is 0.846. The number of methoxy groups -OCH3 is 1. The highest BCUT2D eigenvalue weighted by atomic mass is 16.5. The molecule has 3 rings (SSSR count). The lowest BCUT2D eigenvalue weighted by atomic mass is 10.2. The summed E-state index contributed by atoms with van der Waals surface area (Å²) < 4.78 is 5.18. The first-order valence-electron chi connectivity index (χ1n) is 7.79. The number of ether oxygens (including phenoxy) is 1. The Labute approximate surface area is 134 Å². The first kappa shape index (κ1) is 15.5. The van der Waals surface area contributed by atoms with Crippen LogP contribution in [0, 0.1) is 6.92 Å². The predicted molar refractivity (Wildman–Crippen MR) is 83.3 cm³/mol. The van der Waals surface area contributed by atoms with Gasteiger partial charge in [-0.25, -0.2) is 4.98 Å². The number of rotatable bonds is 3. The minimum absolute atomic E-state index is 0.0123. The van der Waals surface area contributed by atoms with Gasteiger partial charge in [-0.3, -0.25) is 9.59 Å². The van der Waals surface area contributed by atoms with Crippen molar-refractivity contribution in [2.24, 2.45) is 0 Å². The zero-order valence-corrected chi connectivity index (χ0v) is 13.4. The number of aromatic nitrogens is 2. The lowest BCUT2D eigenvalue weighted by Crippen LogP contribution is -2.53. The van der Waals surface area contributed by atoms with Crippen molar-refractivity contribution in [1.82, 2.24) is 20.2 Å². The second-order valence-corrected chi connectivity index (χ2v) is 5.82. The van der Waals surface area contributed by atoms with Gasteiger partial charge in [-0.1, -0.05) is 0 Å². The van der Waals surface area contributed by atoms with E-state index in [-0.39, 0.29) is 17.9 Å². The molecule has 1 aromatic rings. The molecular weight excluding hydrogens is 298 g/mol. The number of carbonyl (C=O) groups excluding carboxylic acids is 2. The Hall–Kier alpha value is -2.38. The van der Waals surface area contributed by atoms with E-state index in [9.17, 15) is 9.59 Å². The molecule has 8 nitrogen and oxygen atoms in total. The summed E-state index contributed by atoms with van der Waals surface area (Å²) in [5.74, 6) is 1.14. The number of hydrogen-bond donors (Lipinski definition) is 1. The van der Waals surface area contributed by atoms with Crippen molar-refractivity contribution in [3.8, 4) is 5.88 Å². The number of carbonyl (C=O) groups is 2. The second kappa shape index (κ2) is 6.39. The molecule has 124 valence electrons. The summed E-state index contributed by atoms with van der Waals surface area (Å²) in [6.45, 7) is 4.43. The van der Waals surface area contributed by atoms with Crippen molar-refractivity contribution in [2.45, 2.75) is 25.8 Å². The molecule has 1 N–H and O–H groups in total. The molecule has 2 saturated heterocycles. The number of amides is 2. The number of hydrogen-bond acceptors (Lipinski definition) is 6. The maximum atomic E-state index is 12.4. The third kappa shape index (κ3) is 3.35. The van der Waals surface area contributed by atoms with E-state index in [4.69, 9.17) is 4.74 Å². The maximum Gasteiger partial charge on any atom is 0.245 e. The lowest BCUT2D eigenvalue weighted by molar-refractivity contribution is -0.134. The van der Waals surface area contributed by atoms with Gasteiger partial charge >= 0.3 is 0 Å². The monoisotopic (exact) mass is 319 g/mol. The van der Waals surface area contributed by atoms with E-state index in [2.05, 4.69) is 15.3 Å². The summed E-state index contributed by atoms with van der Waals surface area (Å²) in [6.07, 6.45) is 1.03. The first-order valence-corrected chi connectivity index (χ1v) is 7.79. The minimum Gasteiger partial charge on any atom is -0.481 e. The SMILES string of the molecule is COc1cc(C)nc(N2CCN(C(=O)[C@@H]3CCC(=O)N3)CC2)n1. The summed E-state index contributed by atoms with van der Waals surface area (Å²) in [5, 5.41) is 2.73. The van der Waals surface area contributed by atoms with Crippen LogP contribution < -0.4 is 15.0 Å². The van der Waals surface area contributed by atoms with Crippen molar-refractivity contribution in [3.63, 3.8) is 0 Å². The molecule has 0 aliphatic carbocycles. The Balaban J connectivity index is 1.61. The van der Waals surface area contributed by atoms with Gasteiger partial charge < -0.3 is 19.9 Å². The molecule has 2 amide bonds. The maximum absolute atomic E-state index is 12.4. The van der Waals surface area contributed by atoms with Crippen molar-refractivity contribution < 1.29 is 14.3 Å². The van der Waals surface area contributed by atoms with Gasteiger partial charge in [0.1, 0.15) is 6.04 Å². The molecule has 8 heteroatoms. The second-order valence-electron chi connectivity index (χ2n) is 5.82. The fourth-order valence-corrected chi connectivity index (χ4v) is 2.92. The molecule has 0 bridgehead atoms. The first-order chi connectivity index (χ1) is 11.1. The average molecular weight is 319 g/mol. The zero-order valence-electron chi connectivity index (χ0n) is 13.4. The minimum atomic E-state index is -0.357. The zero-order chi connectivity index (χ0) is 16.4. The van der Waals surface area contributed by atoms with E-state index in [1.54, 1.807) is 18.1 Å². The molecule has 1 aromatic heterocycles. The van der Waals surface area contributed by atoms with Crippen LogP contribution >= 0.6 is 0 Å². The highest BCUT2D eigenvalue weighted by Gasteiger charge is 2.32. The van der Waals surface area contributed by atoms with Crippen LogP contribution in [0.2, 0.25) is 0 Å². The largest absolute Gasteiger partial charge is 0.481 e. The van der Waals surface area contributed by atoms with Gasteiger partial charge in [0.2, 0.25) is 23.6 Å². The molecule has 2 aliphatic heterocycles. The normalized spacial score (nSPS) is 21.3. The quantitative estimate of drug-likeness (QED) is 0.824. The van der Waals surface area contributed by atoms with Gasteiger partial charge in [0, 0.05) is 44.4 Å². The Morgan fingerprint density at radius 1 is 1.30 bits per heavy atom. The molecule has 0 spiro atoms. The number of nitrogens with one attached hydrogen (secondary N) is 1. The fourth-order valence-electron chi connectivity index (χ4n) is 2.92. The topological polar surface area (TPSA) is 87.7 Å². The molecule has 3 heterocycles. The molecular formula is C15H21N5O3. The van der Waals surface area contributed by atoms with Crippen LogP contribution in [-0.2, 0) is 9.59 Å². The third-order valence-corrected chi connectivity index (χ3v) is 4.20. The van der Waals surface area contributed by atoms with Crippen molar-refractivity contribution in [2.75, 3.05) is 38.2 Å². The number of nitrogens with zero attached hydrogens (tertiary/aromatic N) is 4. The van der Waals surface area contributed by atoms with Gasteiger partial charge in [0.15, 0.2) is 0 Å². The highest BCUT2D eigenvalue weighted by molar-refractivity contribution is 5.90. The summed E-state index contributed by atoms with van der Waals surface area (Å²) in [4.78, 5) is 36.3. The van der Waals surface area contributed by atoms with Gasteiger partial charge in [-0.05, 0) is 13.3 Å². The molecule has 0 radical (unpaired) electrons. The number of anilines is 1. The Morgan fingerprint density at radius 2 is 2.04 bits per heavy atom. The highest BCUT2D eigenvalue weighted by Crippen LogP contribution is 2.18. The van der Waals surface area contributed by atoms with E-state index in [0.717, 1.165) is 5.69 Å². The van der Waals surface area contributed by atoms with Crippen LogP contribution in [0.5, 0.6) is 5.88 Å². The van der Waals surface area contributed by atoms with Gasteiger partial charge in [-0.15, -0.1) is 0 Å². The van der Waals surface area contributed by atoms with Crippen LogP contribution in [0.25, 0.3) is 0 Å². The molecule has 0 saturated carbocycles. The third-order valence-electron chi connectivity index (χ3n) is 4.20. The van der Waals surface area contributed by atoms with Gasteiger partial charge in [0.05, 0.1) is 7.11 Å². The van der Waals surface area contributed by atoms with E-state index in [0.29, 0.717) is 50.8 Å². The number of piperazine rings is 1. The standard InChI is InChI=1S/C15H21N5O3/c1-10-9-13(23-2)18-15(16-10)20-7-5-19(6-8-20)14(22)11-3-4-12(21)17-11/h9,11H,3-8H2,1-2H3,(H,17,21)/t11-/m0/s1. The van der Waals surface area contributed by atoms with Gasteiger partial charge in [0.25, 0.3) is 0 Å². The molecule has 0 unspecified atom stereocenters. The van der Waals surface area contributed by atoms with Crippen LogP contribution in [0.4, 0.5) is 5.95 Å². The summed E-state index contributed by atoms with van der Waals surface area (Å²) in [7, 11) is 1.58. The van der Waals surface area contributed by atoms with E-state index in [1.807, 2.05) is 11.8 Å². The molecule has 1 atom stereocenters. The molecule has 2 aliphatic rings. The molecule has 2 fully saturated rings. The van der Waals surface area contributed by atoms with E-state index >= 15 is 0 Å². The predicted octanol–water partition coefficient (Wildman–Crippen LogP) is -0.279. The van der Waals surface area contributed by atoms with Crippen molar-refractivity contribution in [1.29, 1.82) is 0 Å². The number of aryl methyl sites for hydroxylation is 1. The van der Waals surface area contributed by atoms with Crippen LogP contribution in [-0.4, -0.2) is 66.0 Å². The van der Waals surface area contributed by atoms with E-state index < -0.39 is 0 Å². The molecule has 23 heavy (non-hydrogen) atoms. The lowest BCUT2D eigenvalue weighted by Gasteiger charge is -2.36. The van der Waals surface area contributed by atoms with Crippen LogP contribution in [0.15, 0.2) is 6.07 Å². The summed E-state index contributed by atoms with van der Waals surface area (Å²) in [6, 6.07) is 1.43. The van der Waals surface area contributed by atoms with E-state index in [1.165, 1.54) is 0 Å². The Bertz CT molecular complexity index is 613. The average Bonchev–Trinajstić information content (AvgIpc) is 3.00. The Kier molecular flexibility index (Phi) is 4.31. The van der Waals surface area contributed by atoms with Crippen LogP contribution in [0.3, 0.4) is 0 Å². The fraction of sp³-hybridized carbons (Fsp3) is 0.600. The molecule has 0 aromatic carbocycles. The Morgan fingerprint density at radius 3 is 2.65 bits per heavy atom. The summed E-state index contributed by atoms with van der Waals surface area (Å²) >= 11 is 0.